The van der Waals surface area contributed by atoms with Crippen LogP contribution in [0.4, 0.5) is 5.95 Å². The highest BCUT2D eigenvalue weighted by atomic mass is 16.1. The third-order valence-electron chi connectivity index (χ3n) is 3.52. The molecule has 0 fully saturated rings. The first-order valence-electron chi connectivity index (χ1n) is 7.30. The van der Waals surface area contributed by atoms with E-state index < -0.39 is 0 Å². The number of hydrogen-bond donors (Lipinski definition) is 1. The van der Waals surface area contributed by atoms with Gasteiger partial charge in [-0.3, -0.25) is 14.5 Å². The van der Waals surface area contributed by atoms with E-state index in [9.17, 15) is 4.79 Å². The molecule has 0 saturated carbocycles. The SMILES string of the molecule is Cc1ccn2c(NC(=O)c3cccc(-n4cccn4)c3)nnc2n1. The predicted molar refractivity (Wildman–Crippen MR) is 87.0 cm³/mol. The fraction of sp³-hybridized carbons (Fsp3) is 0.0625. The van der Waals surface area contributed by atoms with Gasteiger partial charge in [-0.1, -0.05) is 6.07 Å². The second kappa shape index (κ2) is 5.58. The van der Waals surface area contributed by atoms with Crippen LogP contribution in [0.25, 0.3) is 11.5 Å². The molecule has 3 aromatic heterocycles. The Bertz CT molecular complexity index is 1020. The summed E-state index contributed by atoms with van der Waals surface area (Å²) in [5, 5.41) is 14.8. The summed E-state index contributed by atoms with van der Waals surface area (Å²) in [5.74, 6) is 0.487. The Morgan fingerprint density at radius 1 is 1.12 bits per heavy atom. The standard InChI is InChI=1S/C16H13N7O/c1-11-6-9-22-15(18-11)20-21-16(22)19-14(24)12-4-2-5-13(10-12)23-8-3-7-17-23/h2-10H,1H3,(H,19,21,24). The van der Waals surface area contributed by atoms with Crippen LogP contribution in [0.3, 0.4) is 0 Å². The summed E-state index contributed by atoms with van der Waals surface area (Å²) in [5.41, 5.74) is 2.13. The van der Waals surface area contributed by atoms with Crippen molar-refractivity contribution in [3.63, 3.8) is 0 Å². The Hall–Kier alpha value is -3.55. The summed E-state index contributed by atoms with van der Waals surface area (Å²) in [6, 6.07) is 10.8. The lowest BCUT2D eigenvalue weighted by atomic mass is 10.2. The maximum Gasteiger partial charge on any atom is 0.258 e. The highest BCUT2D eigenvalue weighted by Crippen LogP contribution is 2.12. The fourth-order valence-corrected chi connectivity index (χ4v) is 2.34. The third kappa shape index (κ3) is 2.50. The van der Waals surface area contributed by atoms with Crippen LogP contribution in [-0.2, 0) is 0 Å². The number of aromatic nitrogens is 6. The van der Waals surface area contributed by atoms with Gasteiger partial charge in [-0.2, -0.15) is 5.10 Å². The number of aryl methyl sites for hydroxylation is 1. The largest absolute Gasteiger partial charge is 0.290 e. The van der Waals surface area contributed by atoms with E-state index in [0.29, 0.717) is 17.3 Å². The number of fused-ring (bicyclic) bond motifs is 1. The minimum absolute atomic E-state index is 0.279. The van der Waals surface area contributed by atoms with Gasteiger partial charge in [0.05, 0.1) is 5.69 Å². The molecule has 0 saturated heterocycles. The molecule has 0 spiro atoms. The van der Waals surface area contributed by atoms with Crippen molar-refractivity contribution < 1.29 is 4.79 Å². The maximum absolute atomic E-state index is 12.5. The molecule has 1 aromatic carbocycles. The zero-order chi connectivity index (χ0) is 16.5. The molecule has 0 radical (unpaired) electrons. The van der Waals surface area contributed by atoms with Crippen molar-refractivity contribution >= 4 is 17.6 Å². The number of carbonyl (C=O) groups is 1. The van der Waals surface area contributed by atoms with E-state index in [1.807, 2.05) is 31.3 Å². The molecule has 8 nitrogen and oxygen atoms in total. The Balaban J connectivity index is 1.63. The number of nitrogens with one attached hydrogen (secondary N) is 1. The molecule has 0 aliphatic carbocycles. The first kappa shape index (κ1) is 14.1. The molecular formula is C16H13N7O. The van der Waals surface area contributed by atoms with E-state index in [1.165, 1.54) is 0 Å². The molecule has 0 bridgehead atoms. The first-order chi connectivity index (χ1) is 11.7. The van der Waals surface area contributed by atoms with Gasteiger partial charge < -0.3 is 0 Å². The summed E-state index contributed by atoms with van der Waals surface area (Å²) >= 11 is 0. The Morgan fingerprint density at radius 2 is 2.04 bits per heavy atom. The summed E-state index contributed by atoms with van der Waals surface area (Å²) in [7, 11) is 0. The van der Waals surface area contributed by atoms with Crippen molar-refractivity contribution in [3.8, 4) is 5.69 Å². The molecule has 4 aromatic rings. The average molecular weight is 319 g/mol. The van der Waals surface area contributed by atoms with Crippen molar-refractivity contribution in [1.29, 1.82) is 0 Å². The number of rotatable bonds is 3. The number of anilines is 1. The van der Waals surface area contributed by atoms with Gasteiger partial charge in [0.2, 0.25) is 5.95 Å². The molecular weight excluding hydrogens is 306 g/mol. The number of hydrogen-bond acceptors (Lipinski definition) is 5. The normalized spacial score (nSPS) is 10.9. The lowest BCUT2D eigenvalue weighted by Gasteiger charge is -2.06. The van der Waals surface area contributed by atoms with Crippen LogP contribution in [0.1, 0.15) is 16.1 Å². The van der Waals surface area contributed by atoms with Gasteiger partial charge in [0.15, 0.2) is 0 Å². The minimum atomic E-state index is -0.279. The van der Waals surface area contributed by atoms with Crippen LogP contribution in [0.5, 0.6) is 0 Å². The summed E-state index contributed by atoms with van der Waals surface area (Å²) < 4.78 is 3.32. The van der Waals surface area contributed by atoms with Crippen molar-refractivity contribution in [1.82, 2.24) is 29.4 Å². The molecule has 8 heteroatoms. The van der Waals surface area contributed by atoms with Gasteiger partial charge in [0.1, 0.15) is 0 Å². The van der Waals surface area contributed by atoms with Crippen molar-refractivity contribution in [2.75, 3.05) is 5.32 Å². The highest BCUT2D eigenvalue weighted by Gasteiger charge is 2.12. The van der Waals surface area contributed by atoms with Crippen LogP contribution in [0, 0.1) is 6.92 Å². The van der Waals surface area contributed by atoms with Crippen molar-refractivity contribution in [3.05, 3.63) is 66.2 Å². The van der Waals surface area contributed by atoms with Gasteiger partial charge in [0, 0.05) is 29.8 Å². The predicted octanol–water partition coefficient (Wildman–Crippen LogP) is 1.87. The van der Waals surface area contributed by atoms with E-state index >= 15 is 0 Å². The molecule has 1 N–H and O–H groups in total. The zero-order valence-corrected chi connectivity index (χ0v) is 12.8. The van der Waals surface area contributed by atoms with Gasteiger partial charge in [0.25, 0.3) is 11.7 Å². The van der Waals surface area contributed by atoms with E-state index in [0.717, 1.165) is 11.4 Å². The fourth-order valence-electron chi connectivity index (χ4n) is 2.34. The third-order valence-corrected chi connectivity index (χ3v) is 3.52. The topological polar surface area (TPSA) is 90.0 Å². The monoisotopic (exact) mass is 319 g/mol. The zero-order valence-electron chi connectivity index (χ0n) is 12.8. The van der Waals surface area contributed by atoms with Gasteiger partial charge in [-0.15, -0.1) is 10.2 Å². The second-order valence-electron chi connectivity index (χ2n) is 5.22. The molecule has 1 amide bonds. The van der Waals surface area contributed by atoms with Crippen LogP contribution in [0.15, 0.2) is 55.0 Å². The second-order valence-corrected chi connectivity index (χ2v) is 5.22. The molecule has 0 aliphatic rings. The van der Waals surface area contributed by atoms with Crippen LogP contribution in [0.2, 0.25) is 0 Å². The first-order valence-corrected chi connectivity index (χ1v) is 7.30. The van der Waals surface area contributed by atoms with Gasteiger partial charge in [-0.25, -0.2) is 9.67 Å². The van der Waals surface area contributed by atoms with Crippen molar-refractivity contribution in [2.45, 2.75) is 6.92 Å². The van der Waals surface area contributed by atoms with Crippen LogP contribution >= 0.6 is 0 Å². The summed E-state index contributed by atoms with van der Waals surface area (Å²) in [6.07, 6.45) is 5.27. The van der Waals surface area contributed by atoms with Crippen molar-refractivity contribution in [2.24, 2.45) is 0 Å². The Morgan fingerprint density at radius 3 is 2.88 bits per heavy atom. The minimum Gasteiger partial charge on any atom is -0.290 e. The molecule has 118 valence electrons. The number of nitrogens with zero attached hydrogens (tertiary/aromatic N) is 6. The molecule has 0 atom stereocenters. The lowest BCUT2D eigenvalue weighted by molar-refractivity contribution is 0.102. The van der Waals surface area contributed by atoms with E-state index in [1.54, 1.807) is 39.7 Å². The molecule has 24 heavy (non-hydrogen) atoms. The van der Waals surface area contributed by atoms with Crippen LogP contribution < -0.4 is 5.32 Å². The Labute approximate surface area is 136 Å². The summed E-state index contributed by atoms with van der Waals surface area (Å²) in [4.78, 5) is 16.8. The Kier molecular flexibility index (Phi) is 3.27. The lowest BCUT2D eigenvalue weighted by Crippen LogP contribution is -2.14. The average Bonchev–Trinajstić information content (AvgIpc) is 3.25. The quantitative estimate of drug-likeness (QED) is 0.622. The number of carbonyl (C=O) groups excluding carboxylic acids is 1. The van der Waals surface area contributed by atoms with E-state index in [4.69, 9.17) is 0 Å². The van der Waals surface area contributed by atoms with Gasteiger partial charge >= 0.3 is 0 Å². The highest BCUT2D eigenvalue weighted by molar-refractivity contribution is 6.03. The van der Waals surface area contributed by atoms with E-state index in [-0.39, 0.29) is 5.91 Å². The number of amides is 1. The summed E-state index contributed by atoms with van der Waals surface area (Å²) in [6.45, 7) is 1.87. The van der Waals surface area contributed by atoms with E-state index in [2.05, 4.69) is 25.6 Å². The molecule has 0 aliphatic heterocycles. The smallest absolute Gasteiger partial charge is 0.258 e. The number of benzene rings is 1. The van der Waals surface area contributed by atoms with Crippen LogP contribution in [-0.4, -0.2) is 35.3 Å². The molecule has 4 rings (SSSR count). The molecule has 0 unspecified atom stereocenters. The maximum atomic E-state index is 12.5. The van der Waals surface area contributed by atoms with Gasteiger partial charge in [-0.05, 0) is 37.3 Å². The molecule has 3 heterocycles.